The predicted molar refractivity (Wildman–Crippen MR) is 79.8 cm³/mol. The minimum atomic E-state index is -4.84. The molecule has 0 amide bonds. The molecule has 0 aliphatic carbocycles. The molecule has 0 bridgehead atoms. The van der Waals surface area contributed by atoms with Gasteiger partial charge in [0.05, 0.1) is 19.3 Å². The number of rotatable bonds is 7. The monoisotopic (exact) mass is 384 g/mol. The van der Waals surface area contributed by atoms with Crippen LogP contribution in [-0.4, -0.2) is 62.5 Å². The van der Waals surface area contributed by atoms with E-state index in [4.69, 9.17) is 25.0 Å². The summed E-state index contributed by atoms with van der Waals surface area (Å²) < 4.78 is 28.7. The molecule has 0 rings (SSSR count). The van der Waals surface area contributed by atoms with E-state index in [1.54, 1.807) is 0 Å². The van der Waals surface area contributed by atoms with Gasteiger partial charge in [-0.25, -0.2) is 0 Å². The first kappa shape index (κ1) is 37.7. The van der Waals surface area contributed by atoms with E-state index in [1.807, 2.05) is 0 Å². The van der Waals surface area contributed by atoms with Crippen LogP contribution in [0.25, 0.3) is 0 Å². The van der Waals surface area contributed by atoms with Crippen LogP contribution in [-0.2, 0) is 29.3 Å². The standard InChI is InChI=1S/C4H6O7S.C4H6O4.4H3N/c5-3(6)1-2(4(7)8)12(9,10)11;5-3(6)1-2-4(7)8;;;;/h2H,1H2,(H,5,6)(H,7,8)(H,9,10,11);1-2H2,(H,5,6)(H,7,8);4*1H3. The number of hydrogen-bond acceptors (Lipinski definition) is 10. The summed E-state index contributed by atoms with van der Waals surface area (Å²) in [6, 6.07) is 0. The minimum absolute atomic E-state index is 0. The van der Waals surface area contributed by atoms with Gasteiger partial charge in [0.25, 0.3) is 10.1 Å². The van der Waals surface area contributed by atoms with Gasteiger partial charge in [-0.05, 0) is 0 Å². The fourth-order valence-electron chi connectivity index (χ4n) is 0.692. The summed E-state index contributed by atoms with van der Waals surface area (Å²) >= 11 is 0. The molecule has 0 aromatic heterocycles. The molecular weight excluding hydrogens is 360 g/mol. The zero-order valence-electron chi connectivity index (χ0n) is 12.6. The van der Waals surface area contributed by atoms with E-state index in [0.717, 1.165) is 0 Å². The first-order valence-electron chi connectivity index (χ1n) is 4.72. The first-order valence-corrected chi connectivity index (χ1v) is 6.22. The van der Waals surface area contributed by atoms with Gasteiger partial charge >= 0.3 is 23.9 Å². The molecule has 0 aromatic rings. The van der Waals surface area contributed by atoms with Crippen LogP contribution < -0.4 is 24.6 Å². The lowest BCUT2D eigenvalue weighted by Gasteiger charge is -2.04. The Kier molecular flexibility index (Phi) is 26.7. The van der Waals surface area contributed by atoms with Crippen LogP contribution in [0.3, 0.4) is 0 Å². The zero-order valence-corrected chi connectivity index (χ0v) is 13.4. The van der Waals surface area contributed by atoms with Crippen molar-refractivity contribution in [2.24, 2.45) is 0 Å². The summed E-state index contributed by atoms with van der Waals surface area (Å²) in [6.07, 6.45) is -1.75. The van der Waals surface area contributed by atoms with E-state index in [1.165, 1.54) is 0 Å². The van der Waals surface area contributed by atoms with Crippen LogP contribution in [0.1, 0.15) is 19.3 Å². The number of carboxylic acids is 4. The van der Waals surface area contributed by atoms with Gasteiger partial charge in [0.1, 0.15) is 0 Å². The Balaban J connectivity index is -0.0000000609. The van der Waals surface area contributed by atoms with Gasteiger partial charge in [0.15, 0.2) is 5.25 Å². The average molecular weight is 384 g/mol. The molecule has 148 valence electrons. The van der Waals surface area contributed by atoms with Gasteiger partial charge in [-0.1, -0.05) is 0 Å². The van der Waals surface area contributed by atoms with Crippen molar-refractivity contribution in [3.05, 3.63) is 0 Å². The molecule has 1 atom stereocenters. The molecule has 0 fully saturated rings. The number of hydrogen-bond donors (Lipinski definition) is 9. The Morgan fingerprint density at radius 1 is 0.708 bits per heavy atom. The van der Waals surface area contributed by atoms with E-state index in [9.17, 15) is 27.6 Å². The Labute approximate surface area is 136 Å². The highest BCUT2D eigenvalue weighted by atomic mass is 32.2. The van der Waals surface area contributed by atoms with Gasteiger partial charge in [-0.2, -0.15) is 8.42 Å². The molecule has 15 nitrogen and oxygen atoms in total. The molecule has 1 unspecified atom stereocenters. The molecule has 24 heavy (non-hydrogen) atoms. The number of aliphatic carboxylic acids is 4. The molecule has 0 heterocycles. The minimum Gasteiger partial charge on any atom is -0.481 e. The van der Waals surface area contributed by atoms with Crippen LogP contribution >= 0.6 is 0 Å². The summed E-state index contributed by atoms with van der Waals surface area (Å²) in [5.41, 5.74) is 0. The summed E-state index contributed by atoms with van der Waals surface area (Å²) in [4.78, 5) is 39.3. The lowest BCUT2D eigenvalue weighted by molar-refractivity contribution is -0.143. The molecule has 0 aromatic carbocycles. The molecule has 0 spiro atoms. The third kappa shape index (κ3) is 24.6. The van der Waals surface area contributed by atoms with Crippen molar-refractivity contribution in [2.75, 3.05) is 0 Å². The summed E-state index contributed by atoms with van der Waals surface area (Å²) in [5, 5.41) is 29.7. The lowest BCUT2D eigenvalue weighted by Crippen LogP contribution is -2.31. The second kappa shape index (κ2) is 17.0. The second-order valence-corrected chi connectivity index (χ2v) is 4.83. The van der Waals surface area contributed by atoms with Crippen molar-refractivity contribution in [1.29, 1.82) is 0 Å². The fourth-order valence-corrected chi connectivity index (χ4v) is 1.30. The second-order valence-electron chi connectivity index (χ2n) is 3.23. The lowest BCUT2D eigenvalue weighted by atomic mass is 10.3. The topological polar surface area (TPSA) is 344 Å². The van der Waals surface area contributed by atoms with E-state index in [2.05, 4.69) is 0 Å². The molecule has 0 saturated carbocycles. The van der Waals surface area contributed by atoms with Crippen LogP contribution in [0.15, 0.2) is 0 Å². The molecule has 17 N–H and O–H groups in total. The average Bonchev–Trinajstić information content (AvgIpc) is 2.22. The third-order valence-corrected chi connectivity index (χ3v) is 2.64. The van der Waals surface area contributed by atoms with Gasteiger partial charge in [0.2, 0.25) is 0 Å². The Morgan fingerprint density at radius 3 is 1.08 bits per heavy atom. The molecule has 0 aliphatic rings. The van der Waals surface area contributed by atoms with Crippen molar-refractivity contribution in [3.63, 3.8) is 0 Å². The Morgan fingerprint density at radius 2 is 1.00 bits per heavy atom. The van der Waals surface area contributed by atoms with Crippen LogP contribution in [0.2, 0.25) is 0 Å². The quantitative estimate of drug-likeness (QED) is 0.247. The first-order chi connectivity index (χ1) is 8.87. The number of carboxylic acid groups (broad SMARTS) is 4. The van der Waals surface area contributed by atoms with Crippen molar-refractivity contribution in [3.8, 4) is 0 Å². The maximum atomic E-state index is 10.2. The van der Waals surface area contributed by atoms with Crippen molar-refractivity contribution in [1.82, 2.24) is 24.6 Å². The molecule has 0 radical (unpaired) electrons. The largest absolute Gasteiger partial charge is 0.481 e. The van der Waals surface area contributed by atoms with Crippen LogP contribution in [0, 0.1) is 0 Å². The number of carbonyl (C=O) groups is 4. The maximum absolute atomic E-state index is 10.2. The van der Waals surface area contributed by atoms with Crippen LogP contribution in [0.4, 0.5) is 0 Å². The highest BCUT2D eigenvalue weighted by Crippen LogP contribution is 2.04. The predicted octanol–water partition coefficient (Wildman–Crippen LogP) is -0.614. The Hall–Kier alpha value is -2.37. The maximum Gasteiger partial charge on any atom is 0.325 e. The van der Waals surface area contributed by atoms with E-state index in [-0.39, 0.29) is 37.4 Å². The molecule has 0 aliphatic heterocycles. The highest BCUT2D eigenvalue weighted by Gasteiger charge is 2.33. The summed E-state index contributed by atoms with van der Waals surface area (Å²) in [7, 11) is -4.84. The van der Waals surface area contributed by atoms with Gasteiger partial charge in [0, 0.05) is 0 Å². The van der Waals surface area contributed by atoms with Crippen molar-refractivity contribution >= 4 is 34.0 Å². The van der Waals surface area contributed by atoms with Crippen LogP contribution in [0.5, 0.6) is 0 Å². The summed E-state index contributed by atoms with van der Waals surface area (Å²) in [6.45, 7) is 0. The van der Waals surface area contributed by atoms with Gasteiger partial charge in [-0.15, -0.1) is 0 Å². The van der Waals surface area contributed by atoms with E-state index in [0.29, 0.717) is 0 Å². The van der Waals surface area contributed by atoms with E-state index < -0.39 is 45.7 Å². The van der Waals surface area contributed by atoms with Gasteiger partial charge in [-0.3, -0.25) is 23.7 Å². The normalized spacial score (nSPS) is 9.71. The van der Waals surface area contributed by atoms with Gasteiger partial charge < -0.3 is 45.0 Å². The van der Waals surface area contributed by atoms with Crippen molar-refractivity contribution < 1.29 is 52.6 Å². The molecule has 0 saturated heterocycles. The summed E-state index contributed by atoms with van der Waals surface area (Å²) in [5.74, 6) is -5.65. The highest BCUT2D eigenvalue weighted by molar-refractivity contribution is 7.87. The third-order valence-electron chi connectivity index (χ3n) is 1.55. The fraction of sp³-hybridized carbons (Fsp3) is 0.500. The van der Waals surface area contributed by atoms with Crippen molar-refractivity contribution in [2.45, 2.75) is 24.5 Å². The molecule has 16 heteroatoms. The SMILES string of the molecule is N.N.N.N.O=C(O)CC(C(=O)O)S(=O)(=O)O.O=C(O)CCC(=O)O. The smallest absolute Gasteiger partial charge is 0.325 e. The zero-order chi connectivity index (χ0) is 16.5. The molecular formula is C8H24N4O11S. The van der Waals surface area contributed by atoms with E-state index >= 15 is 0 Å². The Bertz CT molecular complexity index is 478.